The van der Waals surface area contributed by atoms with Crippen molar-refractivity contribution in [2.45, 2.75) is 76.4 Å². The summed E-state index contributed by atoms with van der Waals surface area (Å²) in [4.78, 5) is 2.76. The highest BCUT2D eigenvalue weighted by Gasteiger charge is 2.33. The van der Waals surface area contributed by atoms with E-state index in [1.807, 2.05) is 6.26 Å². The summed E-state index contributed by atoms with van der Waals surface area (Å²) in [6.07, 6.45) is 11.7. The fourth-order valence-electron chi connectivity index (χ4n) is 4.09. The number of furan rings is 1. The minimum atomic E-state index is 0.436. The quantitative estimate of drug-likeness (QED) is 0.913. The summed E-state index contributed by atoms with van der Waals surface area (Å²) >= 11 is 0. The molecule has 1 saturated carbocycles. The first kappa shape index (κ1) is 14.2. The molecule has 1 unspecified atom stereocenters. The SMILES string of the molecule is CCCN(C1CCC(N)CC1)C1CCCc2occc21. The average molecular weight is 276 g/mol. The summed E-state index contributed by atoms with van der Waals surface area (Å²) in [6.45, 7) is 3.50. The number of nitrogens with zero attached hydrogens (tertiary/aromatic N) is 1. The number of fused-ring (bicyclic) bond motifs is 1. The molecule has 0 bridgehead atoms. The van der Waals surface area contributed by atoms with Crippen molar-refractivity contribution in [3.05, 3.63) is 23.7 Å². The highest BCUT2D eigenvalue weighted by Crippen LogP contribution is 2.38. The third-order valence-corrected chi connectivity index (χ3v) is 5.11. The van der Waals surface area contributed by atoms with Gasteiger partial charge in [0.1, 0.15) is 5.76 Å². The maximum Gasteiger partial charge on any atom is 0.108 e. The Labute approximate surface area is 122 Å². The van der Waals surface area contributed by atoms with E-state index in [0.29, 0.717) is 12.1 Å². The van der Waals surface area contributed by atoms with Gasteiger partial charge in [0.05, 0.1) is 6.26 Å². The van der Waals surface area contributed by atoms with Gasteiger partial charge in [0.2, 0.25) is 0 Å². The van der Waals surface area contributed by atoms with Crippen molar-refractivity contribution in [3.8, 4) is 0 Å². The fraction of sp³-hybridized carbons (Fsp3) is 0.765. The van der Waals surface area contributed by atoms with E-state index < -0.39 is 0 Å². The smallest absolute Gasteiger partial charge is 0.108 e. The Kier molecular flexibility index (Phi) is 4.47. The van der Waals surface area contributed by atoms with Crippen LogP contribution in [-0.4, -0.2) is 23.5 Å². The molecule has 2 N–H and O–H groups in total. The Morgan fingerprint density at radius 2 is 2.05 bits per heavy atom. The molecule has 0 radical (unpaired) electrons. The van der Waals surface area contributed by atoms with Gasteiger partial charge in [-0.05, 0) is 57.6 Å². The van der Waals surface area contributed by atoms with Crippen molar-refractivity contribution in [1.29, 1.82) is 0 Å². The summed E-state index contributed by atoms with van der Waals surface area (Å²) in [7, 11) is 0. The molecule has 112 valence electrons. The molecule has 1 fully saturated rings. The van der Waals surface area contributed by atoms with E-state index in [1.54, 1.807) is 0 Å². The predicted molar refractivity (Wildman–Crippen MR) is 81.6 cm³/mol. The third kappa shape index (κ3) is 2.79. The van der Waals surface area contributed by atoms with E-state index in [-0.39, 0.29) is 0 Å². The Balaban J connectivity index is 1.77. The lowest BCUT2D eigenvalue weighted by atomic mass is 9.86. The molecular formula is C17H28N2O. The molecule has 3 rings (SSSR count). The first-order valence-electron chi connectivity index (χ1n) is 8.37. The molecule has 1 heterocycles. The van der Waals surface area contributed by atoms with Crippen molar-refractivity contribution < 1.29 is 4.42 Å². The molecule has 20 heavy (non-hydrogen) atoms. The third-order valence-electron chi connectivity index (χ3n) is 5.11. The zero-order valence-electron chi connectivity index (χ0n) is 12.7. The summed E-state index contributed by atoms with van der Waals surface area (Å²) in [5, 5.41) is 0. The van der Waals surface area contributed by atoms with E-state index in [2.05, 4.69) is 17.9 Å². The molecule has 3 nitrogen and oxygen atoms in total. The zero-order valence-corrected chi connectivity index (χ0v) is 12.7. The Hall–Kier alpha value is -0.800. The number of rotatable bonds is 4. The molecule has 2 aliphatic rings. The van der Waals surface area contributed by atoms with Crippen molar-refractivity contribution in [3.63, 3.8) is 0 Å². The van der Waals surface area contributed by atoms with Gasteiger partial charge >= 0.3 is 0 Å². The van der Waals surface area contributed by atoms with Crippen LogP contribution in [0.15, 0.2) is 16.7 Å². The van der Waals surface area contributed by atoms with Crippen LogP contribution in [0.4, 0.5) is 0 Å². The van der Waals surface area contributed by atoms with Crippen molar-refractivity contribution >= 4 is 0 Å². The van der Waals surface area contributed by atoms with Crippen LogP contribution >= 0.6 is 0 Å². The minimum Gasteiger partial charge on any atom is -0.469 e. The molecule has 1 atom stereocenters. The van der Waals surface area contributed by atoms with Crippen LogP contribution in [0.25, 0.3) is 0 Å². The van der Waals surface area contributed by atoms with Gasteiger partial charge in [-0.1, -0.05) is 6.92 Å². The van der Waals surface area contributed by atoms with Crippen LogP contribution in [0.5, 0.6) is 0 Å². The van der Waals surface area contributed by atoms with Gasteiger partial charge in [0.15, 0.2) is 0 Å². The van der Waals surface area contributed by atoms with Crippen LogP contribution in [0, 0.1) is 0 Å². The molecule has 0 amide bonds. The second-order valence-electron chi connectivity index (χ2n) is 6.51. The number of aryl methyl sites for hydroxylation is 1. The van der Waals surface area contributed by atoms with Gasteiger partial charge in [0.25, 0.3) is 0 Å². The average Bonchev–Trinajstić information content (AvgIpc) is 2.94. The van der Waals surface area contributed by atoms with Gasteiger partial charge in [-0.25, -0.2) is 0 Å². The molecule has 3 heteroatoms. The van der Waals surface area contributed by atoms with Crippen molar-refractivity contribution in [2.75, 3.05) is 6.54 Å². The highest BCUT2D eigenvalue weighted by atomic mass is 16.3. The van der Waals surface area contributed by atoms with Crippen molar-refractivity contribution in [1.82, 2.24) is 4.90 Å². The molecule has 0 saturated heterocycles. The fourth-order valence-corrected chi connectivity index (χ4v) is 4.09. The lowest BCUT2D eigenvalue weighted by molar-refractivity contribution is 0.0874. The first-order chi connectivity index (χ1) is 9.79. The number of hydrogen-bond donors (Lipinski definition) is 1. The van der Waals surface area contributed by atoms with Crippen LogP contribution in [0.3, 0.4) is 0 Å². The topological polar surface area (TPSA) is 42.4 Å². The second kappa shape index (κ2) is 6.31. The summed E-state index contributed by atoms with van der Waals surface area (Å²) < 4.78 is 5.67. The Morgan fingerprint density at radius 3 is 2.80 bits per heavy atom. The molecule has 0 aromatic carbocycles. The molecule has 2 aliphatic carbocycles. The van der Waals surface area contributed by atoms with Crippen LogP contribution in [-0.2, 0) is 6.42 Å². The number of nitrogens with two attached hydrogens (primary N) is 1. The summed E-state index contributed by atoms with van der Waals surface area (Å²) in [5.41, 5.74) is 7.53. The number of hydrogen-bond acceptors (Lipinski definition) is 3. The minimum absolute atomic E-state index is 0.436. The van der Waals surface area contributed by atoms with Gasteiger partial charge in [-0.3, -0.25) is 4.90 Å². The molecule has 1 aromatic rings. The van der Waals surface area contributed by atoms with Crippen LogP contribution in [0.1, 0.15) is 69.2 Å². The van der Waals surface area contributed by atoms with Crippen LogP contribution in [0.2, 0.25) is 0 Å². The summed E-state index contributed by atoms with van der Waals surface area (Å²) in [6, 6.07) is 3.94. The predicted octanol–water partition coefficient (Wildman–Crippen LogP) is 3.64. The molecule has 1 aromatic heterocycles. The Bertz CT molecular complexity index is 420. The monoisotopic (exact) mass is 276 g/mol. The van der Waals surface area contributed by atoms with E-state index in [4.69, 9.17) is 10.2 Å². The van der Waals surface area contributed by atoms with E-state index in [9.17, 15) is 0 Å². The van der Waals surface area contributed by atoms with Gasteiger partial charge < -0.3 is 10.2 Å². The largest absolute Gasteiger partial charge is 0.469 e. The Morgan fingerprint density at radius 1 is 1.25 bits per heavy atom. The van der Waals surface area contributed by atoms with Gasteiger partial charge in [-0.2, -0.15) is 0 Å². The zero-order chi connectivity index (χ0) is 13.9. The van der Waals surface area contributed by atoms with Crippen molar-refractivity contribution in [2.24, 2.45) is 5.73 Å². The standard InChI is InChI=1S/C17H28N2O/c1-2-11-19(14-8-6-13(18)7-9-14)16-4-3-5-17-15(16)10-12-20-17/h10,12-14,16H,2-9,11,18H2,1H3. The lowest BCUT2D eigenvalue weighted by Crippen LogP contribution is -2.43. The van der Waals surface area contributed by atoms with E-state index in [0.717, 1.165) is 12.5 Å². The molecule has 0 aliphatic heterocycles. The normalized spacial score (nSPS) is 30.4. The maximum atomic E-state index is 6.08. The van der Waals surface area contributed by atoms with E-state index in [1.165, 1.54) is 62.8 Å². The maximum absolute atomic E-state index is 6.08. The first-order valence-corrected chi connectivity index (χ1v) is 8.37. The van der Waals surface area contributed by atoms with Crippen LogP contribution < -0.4 is 5.73 Å². The summed E-state index contributed by atoms with van der Waals surface area (Å²) in [5.74, 6) is 1.23. The highest BCUT2D eigenvalue weighted by molar-refractivity contribution is 5.24. The van der Waals surface area contributed by atoms with E-state index >= 15 is 0 Å². The molecular weight excluding hydrogens is 248 g/mol. The second-order valence-corrected chi connectivity index (χ2v) is 6.51. The van der Waals surface area contributed by atoms with Gasteiger partial charge in [0, 0.05) is 30.1 Å². The molecule has 0 spiro atoms. The lowest BCUT2D eigenvalue weighted by Gasteiger charge is -2.42. The van der Waals surface area contributed by atoms with Gasteiger partial charge in [-0.15, -0.1) is 0 Å².